The van der Waals surface area contributed by atoms with Crippen molar-refractivity contribution >= 4 is 11.9 Å². The van der Waals surface area contributed by atoms with E-state index in [1.807, 2.05) is 13.8 Å². The van der Waals surface area contributed by atoms with Crippen molar-refractivity contribution in [1.82, 2.24) is 5.32 Å². The lowest BCUT2D eigenvalue weighted by Crippen LogP contribution is -2.44. The van der Waals surface area contributed by atoms with Gasteiger partial charge in [0.05, 0.1) is 18.1 Å². The molecule has 0 aromatic heterocycles. The van der Waals surface area contributed by atoms with Crippen LogP contribution >= 0.6 is 0 Å². The number of nitrogens with one attached hydrogen (secondary N) is 1. The molecule has 1 fully saturated rings. The van der Waals surface area contributed by atoms with Gasteiger partial charge in [-0.15, -0.1) is 0 Å². The van der Waals surface area contributed by atoms with Gasteiger partial charge in [0.1, 0.15) is 0 Å². The average molecular weight is 257 g/mol. The van der Waals surface area contributed by atoms with E-state index in [2.05, 4.69) is 5.32 Å². The molecule has 3 N–H and O–H groups in total. The topological polar surface area (TPSA) is 86.6 Å². The first-order chi connectivity index (χ1) is 8.41. The van der Waals surface area contributed by atoms with Crippen molar-refractivity contribution < 1.29 is 19.8 Å². The standard InChI is InChI=1S/C13H23NO4/c1-9(2)10(8-15)14-11(16)7-13(12(17)18)5-3-4-6-13/h9-10,15H,3-8H2,1-2H3,(H,14,16)(H,17,18)/t10-/m1/s1. The van der Waals surface area contributed by atoms with Gasteiger partial charge in [-0.3, -0.25) is 9.59 Å². The number of carboxylic acids is 1. The summed E-state index contributed by atoms with van der Waals surface area (Å²) in [5.41, 5.74) is -0.888. The molecule has 1 amide bonds. The van der Waals surface area contributed by atoms with Gasteiger partial charge in [-0.1, -0.05) is 26.7 Å². The lowest BCUT2D eigenvalue weighted by Gasteiger charge is -2.26. The first kappa shape index (κ1) is 15.0. The van der Waals surface area contributed by atoms with E-state index in [4.69, 9.17) is 5.11 Å². The molecule has 0 saturated heterocycles. The zero-order valence-electron chi connectivity index (χ0n) is 11.1. The number of amides is 1. The van der Waals surface area contributed by atoms with Crippen LogP contribution in [0.4, 0.5) is 0 Å². The summed E-state index contributed by atoms with van der Waals surface area (Å²) in [5, 5.41) is 21.2. The highest BCUT2D eigenvalue weighted by Gasteiger charge is 2.43. The minimum absolute atomic E-state index is 0.0194. The van der Waals surface area contributed by atoms with Crippen molar-refractivity contribution in [3.63, 3.8) is 0 Å². The fraction of sp³-hybridized carbons (Fsp3) is 0.846. The molecular weight excluding hydrogens is 234 g/mol. The third-order valence-electron chi connectivity index (χ3n) is 3.86. The van der Waals surface area contributed by atoms with Crippen LogP contribution in [0.1, 0.15) is 46.0 Å². The van der Waals surface area contributed by atoms with Gasteiger partial charge >= 0.3 is 5.97 Å². The Labute approximate surface area is 108 Å². The molecule has 0 radical (unpaired) electrons. The number of rotatable bonds is 6. The minimum atomic E-state index is -0.888. The van der Waals surface area contributed by atoms with E-state index in [0.717, 1.165) is 12.8 Å². The summed E-state index contributed by atoms with van der Waals surface area (Å²) in [6, 6.07) is -0.301. The lowest BCUT2D eigenvalue weighted by molar-refractivity contribution is -0.151. The van der Waals surface area contributed by atoms with E-state index in [-0.39, 0.29) is 30.9 Å². The maximum Gasteiger partial charge on any atom is 0.310 e. The molecule has 0 aromatic rings. The first-order valence-corrected chi connectivity index (χ1v) is 6.55. The Morgan fingerprint density at radius 1 is 1.28 bits per heavy atom. The maximum absolute atomic E-state index is 11.9. The second-order valence-corrected chi connectivity index (χ2v) is 5.57. The third kappa shape index (κ3) is 3.45. The van der Waals surface area contributed by atoms with Crippen LogP contribution in [-0.2, 0) is 9.59 Å². The fourth-order valence-electron chi connectivity index (χ4n) is 2.51. The second-order valence-electron chi connectivity index (χ2n) is 5.57. The molecular formula is C13H23NO4. The zero-order valence-corrected chi connectivity index (χ0v) is 11.1. The van der Waals surface area contributed by atoms with E-state index in [1.54, 1.807) is 0 Å². The molecule has 0 heterocycles. The monoisotopic (exact) mass is 257 g/mol. The molecule has 5 nitrogen and oxygen atoms in total. The van der Waals surface area contributed by atoms with Gasteiger partial charge in [-0.25, -0.2) is 0 Å². The highest BCUT2D eigenvalue weighted by atomic mass is 16.4. The second kappa shape index (κ2) is 6.18. The Morgan fingerprint density at radius 3 is 2.22 bits per heavy atom. The first-order valence-electron chi connectivity index (χ1n) is 6.55. The number of carbonyl (C=O) groups is 2. The Balaban J connectivity index is 2.60. The van der Waals surface area contributed by atoms with Crippen LogP contribution in [0.15, 0.2) is 0 Å². The molecule has 18 heavy (non-hydrogen) atoms. The van der Waals surface area contributed by atoms with Crippen LogP contribution in [0.2, 0.25) is 0 Å². The van der Waals surface area contributed by atoms with Crippen LogP contribution in [0, 0.1) is 11.3 Å². The van der Waals surface area contributed by atoms with Crippen molar-refractivity contribution in [3.8, 4) is 0 Å². The number of aliphatic hydroxyl groups excluding tert-OH is 1. The molecule has 1 aliphatic rings. The Morgan fingerprint density at radius 2 is 1.83 bits per heavy atom. The van der Waals surface area contributed by atoms with Crippen LogP contribution in [0.3, 0.4) is 0 Å². The van der Waals surface area contributed by atoms with Gasteiger partial charge < -0.3 is 15.5 Å². The molecule has 0 bridgehead atoms. The SMILES string of the molecule is CC(C)[C@@H](CO)NC(=O)CC1(C(=O)O)CCCC1. The van der Waals surface area contributed by atoms with Gasteiger partial charge in [-0.2, -0.15) is 0 Å². The van der Waals surface area contributed by atoms with Crippen LogP contribution in [0.25, 0.3) is 0 Å². The molecule has 1 atom stereocenters. The molecule has 0 spiro atoms. The van der Waals surface area contributed by atoms with Crippen molar-refractivity contribution in [2.75, 3.05) is 6.61 Å². The van der Waals surface area contributed by atoms with Crippen LogP contribution in [0.5, 0.6) is 0 Å². The van der Waals surface area contributed by atoms with Gasteiger partial charge in [0.25, 0.3) is 0 Å². The summed E-state index contributed by atoms with van der Waals surface area (Å²) in [6.07, 6.45) is 2.90. The zero-order chi connectivity index (χ0) is 13.8. The van der Waals surface area contributed by atoms with Crippen molar-refractivity contribution in [2.24, 2.45) is 11.3 Å². The molecule has 104 valence electrons. The summed E-state index contributed by atoms with van der Waals surface area (Å²) in [5.74, 6) is -1.02. The lowest BCUT2D eigenvalue weighted by atomic mass is 9.82. The maximum atomic E-state index is 11.9. The predicted molar refractivity (Wildman–Crippen MR) is 67.0 cm³/mol. The number of hydrogen-bond acceptors (Lipinski definition) is 3. The van der Waals surface area contributed by atoms with Gasteiger partial charge in [0.15, 0.2) is 0 Å². The summed E-state index contributed by atoms with van der Waals surface area (Å²) < 4.78 is 0. The van der Waals surface area contributed by atoms with Crippen molar-refractivity contribution in [2.45, 2.75) is 52.0 Å². The largest absolute Gasteiger partial charge is 0.481 e. The number of aliphatic carboxylic acids is 1. The van der Waals surface area contributed by atoms with Crippen molar-refractivity contribution in [3.05, 3.63) is 0 Å². The minimum Gasteiger partial charge on any atom is -0.481 e. The molecule has 0 aromatic carbocycles. The number of hydrogen-bond donors (Lipinski definition) is 3. The van der Waals surface area contributed by atoms with Gasteiger partial charge in [0, 0.05) is 6.42 Å². The molecule has 5 heteroatoms. The summed E-state index contributed by atoms with van der Waals surface area (Å²) >= 11 is 0. The van der Waals surface area contributed by atoms with E-state index < -0.39 is 11.4 Å². The molecule has 0 unspecified atom stereocenters. The Kier molecular flexibility index (Phi) is 5.14. The fourth-order valence-corrected chi connectivity index (χ4v) is 2.51. The highest BCUT2D eigenvalue weighted by molar-refractivity contribution is 5.85. The Hall–Kier alpha value is -1.10. The summed E-state index contributed by atoms with van der Waals surface area (Å²) in [4.78, 5) is 23.2. The van der Waals surface area contributed by atoms with E-state index in [0.29, 0.717) is 12.8 Å². The predicted octanol–water partition coefficient (Wildman–Crippen LogP) is 1.15. The van der Waals surface area contributed by atoms with E-state index in [9.17, 15) is 14.7 Å². The normalized spacial score (nSPS) is 19.8. The summed E-state index contributed by atoms with van der Waals surface area (Å²) in [7, 11) is 0. The van der Waals surface area contributed by atoms with Gasteiger partial charge in [-0.05, 0) is 18.8 Å². The average Bonchev–Trinajstić information content (AvgIpc) is 2.75. The van der Waals surface area contributed by atoms with Crippen LogP contribution in [-0.4, -0.2) is 34.7 Å². The molecule has 1 aliphatic carbocycles. The van der Waals surface area contributed by atoms with E-state index >= 15 is 0 Å². The highest BCUT2D eigenvalue weighted by Crippen LogP contribution is 2.41. The molecule has 1 saturated carbocycles. The van der Waals surface area contributed by atoms with Gasteiger partial charge in [0.2, 0.25) is 5.91 Å². The van der Waals surface area contributed by atoms with E-state index in [1.165, 1.54) is 0 Å². The molecule has 1 rings (SSSR count). The third-order valence-corrected chi connectivity index (χ3v) is 3.86. The number of carbonyl (C=O) groups excluding carboxylic acids is 1. The smallest absolute Gasteiger partial charge is 0.310 e. The Bertz CT molecular complexity index is 308. The van der Waals surface area contributed by atoms with Crippen molar-refractivity contribution in [1.29, 1.82) is 0 Å². The number of aliphatic hydroxyl groups is 1. The number of carboxylic acid groups (broad SMARTS) is 1. The molecule has 0 aliphatic heterocycles. The summed E-state index contributed by atoms with van der Waals surface area (Å²) in [6.45, 7) is 3.69. The van der Waals surface area contributed by atoms with Crippen LogP contribution < -0.4 is 5.32 Å². The quantitative estimate of drug-likeness (QED) is 0.666.